The van der Waals surface area contributed by atoms with E-state index in [4.69, 9.17) is 23.2 Å². The predicted molar refractivity (Wildman–Crippen MR) is 125 cm³/mol. The summed E-state index contributed by atoms with van der Waals surface area (Å²) in [6, 6.07) is 11.4. The van der Waals surface area contributed by atoms with Crippen LogP contribution < -0.4 is 0 Å². The predicted octanol–water partition coefficient (Wildman–Crippen LogP) is 5.54. The minimum absolute atomic E-state index is 0.0189. The molecule has 1 aliphatic heterocycles. The van der Waals surface area contributed by atoms with E-state index in [0.29, 0.717) is 52.9 Å². The molecule has 1 amide bonds. The first-order valence-corrected chi connectivity index (χ1v) is 11.8. The number of amides is 1. The monoisotopic (exact) mass is 485 g/mol. The molecule has 0 unspecified atom stereocenters. The molecule has 0 bridgehead atoms. The number of ketones is 1. The molecule has 3 aromatic rings. The van der Waals surface area contributed by atoms with Gasteiger partial charge in [-0.05, 0) is 62.4 Å². The Labute approximate surface area is 201 Å². The van der Waals surface area contributed by atoms with Crippen molar-refractivity contribution in [2.45, 2.75) is 32.1 Å². The number of para-hydroxylation sites is 1. The summed E-state index contributed by atoms with van der Waals surface area (Å²) < 4.78 is 16.0. The number of likely N-dealkylation sites (tertiary alicyclic amines) is 1. The molecule has 1 saturated heterocycles. The van der Waals surface area contributed by atoms with E-state index >= 15 is 0 Å². The van der Waals surface area contributed by atoms with Crippen LogP contribution in [0.2, 0.25) is 10.0 Å². The molecule has 5 rings (SSSR count). The second kappa shape index (κ2) is 8.92. The molecule has 1 fully saturated rings. The lowest BCUT2D eigenvalue weighted by Crippen LogP contribution is -2.40. The fourth-order valence-electron chi connectivity index (χ4n) is 4.81. The molecule has 8 heteroatoms. The van der Waals surface area contributed by atoms with Gasteiger partial charge in [-0.2, -0.15) is 5.10 Å². The van der Waals surface area contributed by atoms with E-state index in [9.17, 15) is 14.0 Å². The average Bonchev–Trinajstić information content (AvgIpc) is 3.44. The maximum atomic E-state index is 14.4. The van der Waals surface area contributed by atoms with Crippen molar-refractivity contribution < 1.29 is 14.0 Å². The largest absolute Gasteiger partial charge is 0.337 e. The Kier molecular flexibility index (Phi) is 5.97. The number of Topliss-reactive ketones (excluding diaryl/α,β-unsaturated/α-hetero) is 1. The van der Waals surface area contributed by atoms with Crippen LogP contribution in [0, 0.1) is 11.7 Å². The third-order valence-corrected chi connectivity index (χ3v) is 7.31. The van der Waals surface area contributed by atoms with Crippen molar-refractivity contribution in [3.8, 4) is 5.69 Å². The van der Waals surface area contributed by atoms with Gasteiger partial charge in [0.25, 0.3) is 5.91 Å². The lowest BCUT2D eigenvalue weighted by atomic mass is 9.88. The quantitative estimate of drug-likeness (QED) is 0.455. The van der Waals surface area contributed by atoms with Crippen LogP contribution in [0.25, 0.3) is 5.69 Å². The Bertz CT molecular complexity index is 1250. The van der Waals surface area contributed by atoms with Crippen LogP contribution in [-0.2, 0) is 12.8 Å². The number of benzene rings is 2. The fourth-order valence-corrected chi connectivity index (χ4v) is 5.11. The molecular weight excluding hydrogens is 464 g/mol. The van der Waals surface area contributed by atoms with Gasteiger partial charge in [-0.3, -0.25) is 9.59 Å². The lowest BCUT2D eigenvalue weighted by Gasteiger charge is -2.31. The number of carbonyl (C=O) groups excluding carboxylic acids is 2. The van der Waals surface area contributed by atoms with Gasteiger partial charge in [0, 0.05) is 35.8 Å². The van der Waals surface area contributed by atoms with Gasteiger partial charge in [-0.1, -0.05) is 35.3 Å². The van der Waals surface area contributed by atoms with Gasteiger partial charge in [-0.15, -0.1) is 0 Å². The van der Waals surface area contributed by atoms with Crippen molar-refractivity contribution in [1.82, 2.24) is 14.7 Å². The summed E-state index contributed by atoms with van der Waals surface area (Å²) >= 11 is 12.0. The Hall–Kier alpha value is -2.70. The molecule has 0 N–H and O–H groups in total. The van der Waals surface area contributed by atoms with E-state index in [2.05, 4.69) is 5.10 Å². The Morgan fingerprint density at radius 3 is 2.48 bits per heavy atom. The molecule has 33 heavy (non-hydrogen) atoms. The maximum absolute atomic E-state index is 14.4. The van der Waals surface area contributed by atoms with Crippen LogP contribution in [0.5, 0.6) is 0 Å². The summed E-state index contributed by atoms with van der Waals surface area (Å²) in [6.07, 6.45) is 3.59. The first-order valence-electron chi connectivity index (χ1n) is 11.1. The fraction of sp³-hybridized carbons (Fsp3) is 0.320. The third-order valence-electron chi connectivity index (χ3n) is 6.57. The maximum Gasteiger partial charge on any atom is 0.274 e. The van der Waals surface area contributed by atoms with Crippen LogP contribution in [-0.4, -0.2) is 39.5 Å². The number of hydrogen-bond acceptors (Lipinski definition) is 3. The molecule has 170 valence electrons. The highest BCUT2D eigenvalue weighted by atomic mass is 35.5. The lowest BCUT2D eigenvalue weighted by molar-refractivity contribution is 0.0644. The molecule has 2 aliphatic rings. The van der Waals surface area contributed by atoms with E-state index in [-0.39, 0.29) is 23.4 Å². The molecule has 0 atom stereocenters. The van der Waals surface area contributed by atoms with Gasteiger partial charge >= 0.3 is 0 Å². The second-order valence-electron chi connectivity index (χ2n) is 8.55. The number of carbonyl (C=O) groups is 2. The van der Waals surface area contributed by atoms with E-state index in [1.54, 1.807) is 46.0 Å². The standard InChI is InChI=1S/C25H22Cl2FN3O2/c26-18-9-8-16(14-19(18)27)24(32)15-10-12-30(13-11-15)25(33)23-17-4-3-7-21(17)31(29-23)22-6-2-1-5-20(22)28/h1-2,5-6,8-9,14-15H,3-4,7,10-13H2. The van der Waals surface area contributed by atoms with E-state index < -0.39 is 0 Å². The normalized spacial score (nSPS) is 16.2. The molecule has 2 heterocycles. The Morgan fingerprint density at radius 2 is 1.76 bits per heavy atom. The van der Waals surface area contributed by atoms with Crippen LogP contribution in [0.3, 0.4) is 0 Å². The van der Waals surface area contributed by atoms with Crippen molar-refractivity contribution in [2.75, 3.05) is 13.1 Å². The minimum Gasteiger partial charge on any atom is -0.337 e. The van der Waals surface area contributed by atoms with Crippen LogP contribution in [0.1, 0.15) is 51.4 Å². The van der Waals surface area contributed by atoms with Gasteiger partial charge in [0.05, 0.1) is 10.0 Å². The molecular formula is C25H22Cl2FN3O2. The Balaban J connectivity index is 1.33. The molecule has 0 radical (unpaired) electrons. The zero-order chi connectivity index (χ0) is 23.1. The summed E-state index contributed by atoms with van der Waals surface area (Å²) in [4.78, 5) is 28.0. The van der Waals surface area contributed by atoms with Crippen LogP contribution >= 0.6 is 23.2 Å². The topological polar surface area (TPSA) is 55.2 Å². The highest BCUT2D eigenvalue weighted by Gasteiger charge is 2.33. The smallest absolute Gasteiger partial charge is 0.274 e. The number of halogens is 3. The van der Waals surface area contributed by atoms with Gasteiger partial charge < -0.3 is 4.90 Å². The van der Waals surface area contributed by atoms with Crippen molar-refractivity contribution in [3.63, 3.8) is 0 Å². The third kappa shape index (κ3) is 4.06. The van der Waals surface area contributed by atoms with E-state index in [0.717, 1.165) is 30.5 Å². The first kappa shape index (κ1) is 22.1. The zero-order valence-electron chi connectivity index (χ0n) is 17.9. The number of fused-ring (bicyclic) bond motifs is 1. The minimum atomic E-state index is -0.365. The summed E-state index contributed by atoms with van der Waals surface area (Å²) in [5.41, 5.74) is 3.13. The van der Waals surface area contributed by atoms with Gasteiger partial charge in [0.2, 0.25) is 0 Å². The number of aromatic nitrogens is 2. The number of rotatable bonds is 4. The number of piperidine rings is 1. The van der Waals surface area contributed by atoms with Crippen molar-refractivity contribution in [3.05, 3.63) is 80.8 Å². The molecule has 0 spiro atoms. The van der Waals surface area contributed by atoms with Gasteiger partial charge in [0.15, 0.2) is 11.5 Å². The van der Waals surface area contributed by atoms with Crippen molar-refractivity contribution in [1.29, 1.82) is 0 Å². The Morgan fingerprint density at radius 1 is 1.00 bits per heavy atom. The highest BCUT2D eigenvalue weighted by molar-refractivity contribution is 6.42. The number of hydrogen-bond donors (Lipinski definition) is 0. The average molecular weight is 486 g/mol. The second-order valence-corrected chi connectivity index (χ2v) is 9.36. The first-order chi connectivity index (χ1) is 15.9. The molecule has 1 aromatic heterocycles. The van der Waals surface area contributed by atoms with Crippen LogP contribution in [0.4, 0.5) is 4.39 Å². The summed E-state index contributed by atoms with van der Waals surface area (Å²) in [7, 11) is 0. The zero-order valence-corrected chi connectivity index (χ0v) is 19.4. The van der Waals surface area contributed by atoms with Crippen molar-refractivity contribution in [2.24, 2.45) is 5.92 Å². The van der Waals surface area contributed by atoms with E-state index in [1.165, 1.54) is 6.07 Å². The van der Waals surface area contributed by atoms with E-state index in [1.807, 2.05) is 0 Å². The SMILES string of the molecule is O=C(c1ccc(Cl)c(Cl)c1)C1CCN(C(=O)c2nn(-c3ccccc3F)c3c2CCC3)CC1. The summed E-state index contributed by atoms with van der Waals surface area (Å²) in [6.45, 7) is 0.940. The molecule has 0 saturated carbocycles. The van der Waals surface area contributed by atoms with Gasteiger partial charge in [0.1, 0.15) is 11.5 Å². The molecule has 2 aromatic carbocycles. The summed E-state index contributed by atoms with van der Waals surface area (Å²) in [5.74, 6) is -0.669. The molecule has 1 aliphatic carbocycles. The summed E-state index contributed by atoms with van der Waals surface area (Å²) in [5, 5.41) is 5.32. The van der Waals surface area contributed by atoms with Crippen molar-refractivity contribution >= 4 is 34.9 Å². The number of nitrogens with zero attached hydrogens (tertiary/aromatic N) is 3. The highest BCUT2D eigenvalue weighted by Crippen LogP contribution is 2.31. The van der Waals surface area contributed by atoms with Crippen LogP contribution in [0.15, 0.2) is 42.5 Å². The van der Waals surface area contributed by atoms with Gasteiger partial charge in [-0.25, -0.2) is 9.07 Å². The molecule has 5 nitrogen and oxygen atoms in total.